The molecule has 46 heavy (non-hydrogen) atoms. The van der Waals surface area contributed by atoms with E-state index in [1.165, 1.54) is 12.1 Å². The lowest BCUT2D eigenvalue weighted by atomic mass is 9.88. The topological polar surface area (TPSA) is 170 Å². The quantitative estimate of drug-likeness (QED) is 0.173. The Morgan fingerprint density at radius 1 is 0.826 bits per heavy atom. The first-order chi connectivity index (χ1) is 21.9. The van der Waals surface area contributed by atoms with Gasteiger partial charge >= 0.3 is 11.9 Å². The highest BCUT2D eigenvalue weighted by Gasteiger charge is 2.54. The second kappa shape index (κ2) is 14.6. The lowest BCUT2D eigenvalue weighted by Gasteiger charge is -2.14. The molecule has 240 valence electrons. The number of hydrogen-bond acceptors (Lipinski definition) is 9. The Balaban J connectivity index is 0.000000468. The molecule has 1 aliphatic carbocycles. The standard InChI is InChI=1S/C30H26FNO5.C4H6O5/c1-35-26-17-23-24(18-27(26)36-2)32-14-11-25(23)37-22-9-5-20(6-10-22)16-29(34)30(12-13-30)28(33)15-19-3-7-21(31)8-4-19;5-2(4(8)9)1-3(6)7/h3-11,14,17-18H,12-13,15-16H2,1-2H3;2,5H,1H2,(H,6,7)(H,8,9)/t;2-/m.1/s1. The largest absolute Gasteiger partial charge is 0.493 e. The predicted octanol–water partition coefficient (Wildman–Crippen LogP) is 4.79. The van der Waals surface area contributed by atoms with Crippen LogP contribution >= 0.6 is 0 Å². The zero-order chi connectivity index (χ0) is 33.4. The number of carbonyl (C=O) groups is 4. The van der Waals surface area contributed by atoms with Gasteiger partial charge in [0.15, 0.2) is 29.2 Å². The molecule has 1 atom stereocenters. The molecule has 0 spiro atoms. The number of ether oxygens (including phenoxy) is 3. The van der Waals surface area contributed by atoms with Gasteiger partial charge in [-0.15, -0.1) is 0 Å². The summed E-state index contributed by atoms with van der Waals surface area (Å²) >= 11 is 0. The summed E-state index contributed by atoms with van der Waals surface area (Å²) in [5, 5.41) is 24.9. The summed E-state index contributed by atoms with van der Waals surface area (Å²) in [6, 6.07) is 18.5. The SMILES string of the molecule is COc1cc2nccc(Oc3ccc(CC(=O)C4(C(=O)Cc5ccc(F)cc5)CC4)cc3)c2cc1OC.O=C(O)C[C@@H](O)C(=O)O. The van der Waals surface area contributed by atoms with Gasteiger partial charge in [-0.1, -0.05) is 24.3 Å². The van der Waals surface area contributed by atoms with Gasteiger partial charge in [0.1, 0.15) is 17.3 Å². The molecule has 1 saturated carbocycles. The van der Waals surface area contributed by atoms with Gasteiger partial charge in [-0.3, -0.25) is 19.4 Å². The van der Waals surface area contributed by atoms with E-state index in [-0.39, 0.29) is 30.2 Å². The summed E-state index contributed by atoms with van der Waals surface area (Å²) in [7, 11) is 3.14. The van der Waals surface area contributed by atoms with E-state index in [2.05, 4.69) is 4.98 Å². The lowest BCUT2D eigenvalue weighted by Crippen LogP contribution is -2.28. The molecule has 5 rings (SSSR count). The summed E-state index contributed by atoms with van der Waals surface area (Å²) in [4.78, 5) is 49.8. The number of methoxy groups -OCH3 is 2. The maximum Gasteiger partial charge on any atom is 0.333 e. The fourth-order valence-electron chi connectivity index (χ4n) is 4.74. The van der Waals surface area contributed by atoms with Crippen molar-refractivity contribution in [1.82, 2.24) is 4.98 Å². The summed E-state index contributed by atoms with van der Waals surface area (Å²) < 4.78 is 30.0. The number of pyridine rings is 1. The number of aliphatic hydroxyl groups excluding tert-OH is 1. The van der Waals surface area contributed by atoms with Crippen LogP contribution in [0.2, 0.25) is 0 Å². The smallest absolute Gasteiger partial charge is 0.333 e. The molecule has 3 aromatic carbocycles. The summed E-state index contributed by atoms with van der Waals surface area (Å²) in [6.45, 7) is 0. The lowest BCUT2D eigenvalue weighted by molar-refractivity contribution is -0.152. The highest BCUT2D eigenvalue weighted by atomic mass is 19.1. The van der Waals surface area contributed by atoms with E-state index in [1.807, 2.05) is 18.2 Å². The predicted molar refractivity (Wildman–Crippen MR) is 163 cm³/mol. The monoisotopic (exact) mass is 633 g/mol. The molecular formula is C34H32FNO10. The summed E-state index contributed by atoms with van der Waals surface area (Å²) in [5.41, 5.74) is 1.31. The van der Waals surface area contributed by atoms with Gasteiger partial charge in [0.2, 0.25) is 0 Å². The Morgan fingerprint density at radius 2 is 1.37 bits per heavy atom. The van der Waals surface area contributed by atoms with Crippen LogP contribution in [0, 0.1) is 11.2 Å². The zero-order valence-electron chi connectivity index (χ0n) is 25.1. The van der Waals surface area contributed by atoms with Crippen LogP contribution < -0.4 is 14.2 Å². The van der Waals surface area contributed by atoms with Crippen LogP contribution in [0.15, 0.2) is 72.9 Å². The minimum Gasteiger partial charge on any atom is -0.493 e. The first-order valence-corrected chi connectivity index (χ1v) is 14.2. The molecule has 3 N–H and O–H groups in total. The maximum atomic E-state index is 13.2. The van der Waals surface area contributed by atoms with Crippen molar-refractivity contribution in [1.29, 1.82) is 0 Å². The van der Waals surface area contributed by atoms with E-state index in [1.54, 1.807) is 56.8 Å². The second-order valence-corrected chi connectivity index (χ2v) is 10.6. The van der Waals surface area contributed by atoms with Crippen LogP contribution in [0.3, 0.4) is 0 Å². The normalized spacial score (nSPS) is 13.5. The number of fused-ring (bicyclic) bond motifs is 1. The Bertz CT molecular complexity index is 1730. The third kappa shape index (κ3) is 8.21. The molecule has 12 heteroatoms. The van der Waals surface area contributed by atoms with E-state index in [0.29, 0.717) is 46.9 Å². The molecule has 1 heterocycles. The number of rotatable bonds is 13. The molecular weight excluding hydrogens is 601 g/mol. The van der Waals surface area contributed by atoms with E-state index >= 15 is 0 Å². The van der Waals surface area contributed by atoms with Crippen molar-refractivity contribution in [2.75, 3.05) is 14.2 Å². The second-order valence-electron chi connectivity index (χ2n) is 10.6. The third-order valence-electron chi connectivity index (χ3n) is 7.47. The van der Waals surface area contributed by atoms with E-state index in [4.69, 9.17) is 29.5 Å². The third-order valence-corrected chi connectivity index (χ3v) is 7.47. The first kappa shape index (κ1) is 33.5. The number of carboxylic acids is 2. The van der Waals surface area contributed by atoms with Gasteiger partial charge in [0.25, 0.3) is 0 Å². The highest BCUT2D eigenvalue weighted by Crippen LogP contribution is 2.49. The zero-order valence-corrected chi connectivity index (χ0v) is 25.1. The maximum absolute atomic E-state index is 13.2. The van der Waals surface area contributed by atoms with Crippen molar-refractivity contribution in [2.24, 2.45) is 5.41 Å². The number of aliphatic hydroxyl groups is 1. The van der Waals surface area contributed by atoms with Crippen molar-refractivity contribution >= 4 is 34.4 Å². The number of carbonyl (C=O) groups excluding carboxylic acids is 2. The van der Waals surface area contributed by atoms with Crippen LogP contribution in [-0.2, 0) is 32.0 Å². The van der Waals surface area contributed by atoms with E-state index < -0.39 is 29.9 Å². The minimum absolute atomic E-state index is 0.0746. The van der Waals surface area contributed by atoms with Gasteiger partial charge < -0.3 is 29.5 Å². The number of halogens is 1. The fourth-order valence-corrected chi connectivity index (χ4v) is 4.74. The van der Waals surface area contributed by atoms with Crippen molar-refractivity contribution in [2.45, 2.75) is 38.2 Å². The molecule has 1 aromatic heterocycles. The molecule has 0 radical (unpaired) electrons. The van der Waals surface area contributed by atoms with Crippen molar-refractivity contribution in [3.8, 4) is 23.0 Å². The Hall–Kier alpha value is -5.36. The van der Waals surface area contributed by atoms with Crippen LogP contribution in [0.5, 0.6) is 23.0 Å². The van der Waals surface area contributed by atoms with E-state index in [0.717, 1.165) is 10.9 Å². The molecule has 11 nitrogen and oxygen atoms in total. The molecule has 1 aliphatic rings. The number of aromatic nitrogens is 1. The molecule has 0 saturated heterocycles. The van der Waals surface area contributed by atoms with E-state index in [9.17, 15) is 23.6 Å². The molecule has 0 amide bonds. The number of hydrogen-bond donors (Lipinski definition) is 3. The van der Waals surface area contributed by atoms with Gasteiger partial charge in [-0.25, -0.2) is 9.18 Å². The van der Waals surface area contributed by atoms with Crippen LogP contribution in [0.4, 0.5) is 4.39 Å². The number of nitrogens with zero attached hydrogens (tertiary/aromatic N) is 1. The molecule has 0 bridgehead atoms. The highest BCUT2D eigenvalue weighted by molar-refractivity contribution is 6.11. The number of benzene rings is 3. The van der Waals surface area contributed by atoms with Gasteiger partial charge in [-0.05, 0) is 60.4 Å². The van der Waals surface area contributed by atoms with Crippen molar-refractivity contribution in [3.05, 3.63) is 89.9 Å². The van der Waals surface area contributed by atoms with Gasteiger partial charge in [-0.2, -0.15) is 0 Å². The average molecular weight is 634 g/mol. The minimum atomic E-state index is -1.79. The summed E-state index contributed by atoms with van der Waals surface area (Å²) in [6.07, 6.45) is 0.555. The van der Waals surface area contributed by atoms with Gasteiger partial charge in [0, 0.05) is 30.5 Å². The van der Waals surface area contributed by atoms with Crippen LogP contribution in [0.1, 0.15) is 30.4 Å². The number of Topliss-reactive ketones (excluding diaryl/α,β-unsaturated/α-hetero) is 2. The fraction of sp³-hybridized carbons (Fsp3) is 0.265. The molecule has 1 fully saturated rings. The molecule has 4 aromatic rings. The van der Waals surface area contributed by atoms with Crippen LogP contribution in [0.25, 0.3) is 10.9 Å². The van der Waals surface area contributed by atoms with Crippen LogP contribution in [-0.4, -0.2) is 64.1 Å². The van der Waals surface area contributed by atoms with Crippen molar-refractivity contribution < 1.29 is 53.1 Å². The Morgan fingerprint density at radius 3 is 1.85 bits per heavy atom. The molecule has 0 unspecified atom stereocenters. The molecule has 0 aliphatic heterocycles. The summed E-state index contributed by atoms with van der Waals surface area (Å²) in [5.74, 6) is -0.997. The number of aliphatic carboxylic acids is 2. The van der Waals surface area contributed by atoms with Crippen molar-refractivity contribution in [3.63, 3.8) is 0 Å². The Labute approximate surface area is 263 Å². The Kier molecular flexibility index (Phi) is 10.7. The number of carboxylic acid groups (broad SMARTS) is 2. The first-order valence-electron chi connectivity index (χ1n) is 14.2. The number of ketones is 2. The average Bonchev–Trinajstić information content (AvgIpc) is 3.85. The van der Waals surface area contributed by atoms with Gasteiger partial charge in [0.05, 0.1) is 31.6 Å².